The molecule has 1 aliphatic carbocycles. The van der Waals surface area contributed by atoms with Gasteiger partial charge < -0.3 is 5.32 Å². The van der Waals surface area contributed by atoms with Crippen LogP contribution < -0.4 is 5.32 Å². The molecular weight excluding hydrogens is 375 g/mol. The fourth-order valence-corrected chi connectivity index (χ4v) is 5.23. The molecule has 0 radical (unpaired) electrons. The number of nitriles is 1. The maximum absolute atomic E-state index is 10.6. The Morgan fingerprint density at radius 1 is 1.22 bits per heavy atom. The number of nitrogens with one attached hydrogen (secondary N) is 1. The van der Waals surface area contributed by atoms with Crippen LogP contribution in [-0.2, 0) is 5.41 Å². The lowest BCUT2D eigenvalue weighted by Gasteiger charge is -2.38. The van der Waals surface area contributed by atoms with Gasteiger partial charge in [-0.2, -0.15) is 5.26 Å². The lowest BCUT2D eigenvalue weighted by Crippen LogP contribution is -2.45. The van der Waals surface area contributed by atoms with E-state index in [9.17, 15) is 5.26 Å². The summed E-state index contributed by atoms with van der Waals surface area (Å²) in [5.74, 6) is 0.0819. The minimum atomic E-state index is -0.641. The molecule has 2 nitrogen and oxygen atoms in total. The third-order valence-corrected chi connectivity index (χ3v) is 6.34. The lowest BCUT2D eigenvalue weighted by molar-refractivity contribution is 0.275. The SMILES string of the molecule is CC1NC(CC(C)(C)C)C(C#N)(c2ccc(Cl)cc2)C1C1=CC(Cl)=CCC1. The summed E-state index contributed by atoms with van der Waals surface area (Å²) in [7, 11) is 0. The molecule has 1 saturated heterocycles. The molecule has 144 valence electrons. The first-order chi connectivity index (χ1) is 12.7. The van der Waals surface area contributed by atoms with Crippen molar-refractivity contribution in [1.29, 1.82) is 5.26 Å². The van der Waals surface area contributed by atoms with E-state index in [2.05, 4.69) is 51.2 Å². The second-order valence-corrected chi connectivity index (χ2v) is 9.96. The van der Waals surface area contributed by atoms with Crippen molar-refractivity contribution < 1.29 is 0 Å². The number of halogens is 2. The Hall–Kier alpha value is -1.27. The standard InChI is InChI=1S/C23H28Cl2N2/c1-15-21(16-6-5-7-19(25)12-16)23(14-26,17-8-10-18(24)11-9-17)20(27-15)13-22(2,3)4/h7-12,15,20-21,27H,5-6,13H2,1-4H3. The highest BCUT2D eigenvalue weighted by Crippen LogP contribution is 2.50. The van der Waals surface area contributed by atoms with Crippen molar-refractivity contribution in [2.75, 3.05) is 0 Å². The Morgan fingerprint density at radius 2 is 1.89 bits per heavy atom. The summed E-state index contributed by atoms with van der Waals surface area (Å²) in [5.41, 5.74) is 1.78. The topological polar surface area (TPSA) is 35.8 Å². The van der Waals surface area contributed by atoms with Crippen molar-refractivity contribution in [2.24, 2.45) is 11.3 Å². The molecule has 1 heterocycles. The molecule has 0 bridgehead atoms. The van der Waals surface area contributed by atoms with Gasteiger partial charge in [0.25, 0.3) is 0 Å². The van der Waals surface area contributed by atoms with Gasteiger partial charge in [0.2, 0.25) is 0 Å². The number of rotatable bonds is 3. The van der Waals surface area contributed by atoms with Crippen molar-refractivity contribution in [3.63, 3.8) is 0 Å². The van der Waals surface area contributed by atoms with Crippen LogP contribution in [-0.4, -0.2) is 12.1 Å². The fraction of sp³-hybridized carbons (Fsp3) is 0.522. The lowest BCUT2D eigenvalue weighted by atomic mass is 9.62. The van der Waals surface area contributed by atoms with Crippen molar-refractivity contribution in [2.45, 2.75) is 64.5 Å². The smallest absolute Gasteiger partial charge is 0.105 e. The van der Waals surface area contributed by atoms with Gasteiger partial charge in [0.05, 0.1) is 6.07 Å². The van der Waals surface area contributed by atoms with Crippen LogP contribution in [0.5, 0.6) is 0 Å². The van der Waals surface area contributed by atoms with Crippen molar-refractivity contribution in [1.82, 2.24) is 5.32 Å². The van der Waals surface area contributed by atoms with E-state index in [1.165, 1.54) is 5.57 Å². The van der Waals surface area contributed by atoms with Crippen LogP contribution in [0.15, 0.2) is 47.0 Å². The van der Waals surface area contributed by atoms with Crippen molar-refractivity contribution in [3.8, 4) is 6.07 Å². The van der Waals surface area contributed by atoms with Crippen molar-refractivity contribution in [3.05, 3.63) is 57.6 Å². The van der Waals surface area contributed by atoms with Crippen LogP contribution >= 0.6 is 23.2 Å². The molecule has 1 N–H and O–H groups in total. The minimum absolute atomic E-state index is 0.0641. The second-order valence-electron chi connectivity index (χ2n) is 9.09. The maximum atomic E-state index is 10.6. The third kappa shape index (κ3) is 3.97. The zero-order valence-corrected chi connectivity index (χ0v) is 18.0. The van der Waals surface area contributed by atoms with Gasteiger partial charge in [0, 0.05) is 28.1 Å². The van der Waals surface area contributed by atoms with Crippen LogP contribution in [0.4, 0.5) is 0 Å². The first-order valence-electron chi connectivity index (χ1n) is 9.67. The Morgan fingerprint density at radius 3 is 2.44 bits per heavy atom. The Balaban J connectivity index is 2.17. The molecule has 2 aliphatic rings. The largest absolute Gasteiger partial charge is 0.309 e. The molecule has 1 aromatic carbocycles. The van der Waals surface area contributed by atoms with Crippen LogP contribution in [0.2, 0.25) is 5.02 Å². The molecule has 1 fully saturated rings. The maximum Gasteiger partial charge on any atom is 0.105 e. The van der Waals surface area contributed by atoms with E-state index in [0.717, 1.165) is 29.9 Å². The van der Waals surface area contributed by atoms with E-state index in [1.807, 2.05) is 24.3 Å². The molecule has 0 saturated carbocycles. The fourth-order valence-electron chi connectivity index (χ4n) is 4.85. The molecule has 4 unspecified atom stereocenters. The van der Waals surface area contributed by atoms with Gasteiger partial charge in [-0.1, -0.05) is 67.8 Å². The first-order valence-corrected chi connectivity index (χ1v) is 10.4. The first kappa shape index (κ1) is 20.5. The molecule has 1 aromatic rings. The van der Waals surface area contributed by atoms with Gasteiger partial charge in [0.1, 0.15) is 5.41 Å². The van der Waals surface area contributed by atoms with E-state index in [0.29, 0.717) is 5.02 Å². The molecule has 0 amide bonds. The van der Waals surface area contributed by atoms with Gasteiger partial charge in [-0.15, -0.1) is 0 Å². The summed E-state index contributed by atoms with van der Waals surface area (Å²) in [6.07, 6.45) is 6.93. The average molecular weight is 403 g/mol. The monoisotopic (exact) mass is 402 g/mol. The number of benzene rings is 1. The van der Waals surface area contributed by atoms with Gasteiger partial charge in [-0.25, -0.2) is 0 Å². The summed E-state index contributed by atoms with van der Waals surface area (Å²) in [6.45, 7) is 8.89. The number of allylic oxidation sites excluding steroid dienone is 3. The Bertz CT molecular complexity index is 795. The van der Waals surface area contributed by atoms with Gasteiger partial charge >= 0.3 is 0 Å². The van der Waals surface area contributed by atoms with Crippen LogP contribution in [0.3, 0.4) is 0 Å². The predicted octanol–water partition coefficient (Wildman–Crippen LogP) is 6.36. The number of hydrogen-bond acceptors (Lipinski definition) is 2. The van der Waals surface area contributed by atoms with Crippen LogP contribution in [0.25, 0.3) is 0 Å². The van der Waals surface area contributed by atoms with Gasteiger partial charge in [-0.3, -0.25) is 0 Å². The molecule has 4 atom stereocenters. The van der Waals surface area contributed by atoms with Crippen LogP contribution in [0.1, 0.15) is 52.5 Å². The molecule has 27 heavy (non-hydrogen) atoms. The summed E-state index contributed by atoms with van der Waals surface area (Å²) in [6, 6.07) is 10.9. The molecular formula is C23H28Cl2N2. The van der Waals surface area contributed by atoms with E-state index >= 15 is 0 Å². The van der Waals surface area contributed by atoms with Gasteiger partial charge in [0.15, 0.2) is 0 Å². The van der Waals surface area contributed by atoms with Crippen molar-refractivity contribution >= 4 is 23.2 Å². The summed E-state index contributed by atoms with van der Waals surface area (Å²) in [4.78, 5) is 0. The molecule has 4 heteroatoms. The molecule has 0 aromatic heterocycles. The highest BCUT2D eigenvalue weighted by Gasteiger charge is 2.56. The van der Waals surface area contributed by atoms with E-state index in [1.54, 1.807) is 0 Å². The number of hydrogen-bond donors (Lipinski definition) is 1. The molecule has 1 aliphatic heterocycles. The zero-order valence-electron chi connectivity index (χ0n) is 16.5. The van der Waals surface area contributed by atoms with E-state index in [-0.39, 0.29) is 23.4 Å². The molecule has 0 spiro atoms. The van der Waals surface area contributed by atoms with E-state index in [4.69, 9.17) is 23.2 Å². The third-order valence-electron chi connectivity index (χ3n) is 5.82. The summed E-state index contributed by atoms with van der Waals surface area (Å²) < 4.78 is 0. The highest BCUT2D eigenvalue weighted by atomic mass is 35.5. The minimum Gasteiger partial charge on any atom is -0.309 e. The average Bonchev–Trinajstić information content (AvgIpc) is 2.85. The zero-order chi connectivity index (χ0) is 19.8. The van der Waals surface area contributed by atoms with Gasteiger partial charge in [-0.05, 0) is 55.4 Å². The normalized spacial score (nSPS) is 31.2. The van der Waals surface area contributed by atoms with E-state index < -0.39 is 5.41 Å². The molecule has 3 rings (SSSR count). The Labute approximate surface area is 173 Å². The number of nitrogens with zero attached hydrogens (tertiary/aromatic N) is 1. The highest BCUT2D eigenvalue weighted by molar-refractivity contribution is 6.31. The Kier molecular flexibility index (Phi) is 5.78. The summed E-state index contributed by atoms with van der Waals surface area (Å²) in [5, 5.41) is 15.8. The van der Waals surface area contributed by atoms with Crippen LogP contribution in [0, 0.1) is 22.7 Å². The second kappa shape index (κ2) is 7.63. The quantitative estimate of drug-likeness (QED) is 0.638. The predicted molar refractivity (Wildman–Crippen MR) is 114 cm³/mol. The summed E-state index contributed by atoms with van der Waals surface area (Å²) >= 11 is 12.5.